The molecular weight excluding hydrogens is 276 g/mol. The predicted molar refractivity (Wildman–Crippen MR) is 92.2 cm³/mol. The molecule has 0 aliphatic carbocycles. The SMILES string of the molecule is CCCCNc1cccc(CN(CC)C(=O)OC(C)(C)C)c1. The maximum absolute atomic E-state index is 12.2. The Bertz CT molecular complexity index is 466. The van der Waals surface area contributed by atoms with Crippen molar-refractivity contribution in [2.75, 3.05) is 18.4 Å². The summed E-state index contributed by atoms with van der Waals surface area (Å²) >= 11 is 0. The molecule has 0 spiro atoms. The number of ether oxygens (including phenoxy) is 1. The van der Waals surface area contributed by atoms with E-state index in [2.05, 4.69) is 24.4 Å². The Morgan fingerprint density at radius 3 is 2.59 bits per heavy atom. The Morgan fingerprint density at radius 1 is 1.27 bits per heavy atom. The molecule has 1 rings (SSSR count). The number of amides is 1. The van der Waals surface area contributed by atoms with Gasteiger partial charge in [0, 0.05) is 25.3 Å². The summed E-state index contributed by atoms with van der Waals surface area (Å²) < 4.78 is 5.44. The highest BCUT2D eigenvalue weighted by Gasteiger charge is 2.21. The van der Waals surface area contributed by atoms with Crippen LogP contribution in [0.15, 0.2) is 24.3 Å². The van der Waals surface area contributed by atoms with Gasteiger partial charge in [0.2, 0.25) is 0 Å². The minimum Gasteiger partial charge on any atom is -0.444 e. The molecule has 0 aromatic heterocycles. The molecule has 1 N–H and O–H groups in total. The molecule has 4 heteroatoms. The lowest BCUT2D eigenvalue weighted by molar-refractivity contribution is 0.0244. The Kier molecular flexibility index (Phi) is 7.22. The molecule has 1 aromatic carbocycles. The topological polar surface area (TPSA) is 41.6 Å². The van der Waals surface area contributed by atoms with Crippen LogP contribution in [0.2, 0.25) is 0 Å². The van der Waals surface area contributed by atoms with Gasteiger partial charge in [-0.05, 0) is 51.8 Å². The van der Waals surface area contributed by atoms with Crippen LogP contribution in [-0.4, -0.2) is 29.7 Å². The Hall–Kier alpha value is -1.71. The van der Waals surface area contributed by atoms with E-state index in [4.69, 9.17) is 4.74 Å². The van der Waals surface area contributed by atoms with Gasteiger partial charge < -0.3 is 15.0 Å². The minimum absolute atomic E-state index is 0.264. The monoisotopic (exact) mass is 306 g/mol. The molecule has 4 nitrogen and oxygen atoms in total. The summed E-state index contributed by atoms with van der Waals surface area (Å²) in [5.74, 6) is 0. The molecule has 0 aliphatic heterocycles. The third-order valence-corrected chi connectivity index (χ3v) is 3.19. The van der Waals surface area contributed by atoms with Gasteiger partial charge in [-0.15, -0.1) is 0 Å². The first-order chi connectivity index (χ1) is 10.4. The first-order valence-corrected chi connectivity index (χ1v) is 8.16. The second-order valence-electron chi connectivity index (χ2n) is 6.48. The molecular formula is C18H30N2O2. The average Bonchev–Trinajstić information content (AvgIpc) is 2.43. The highest BCUT2D eigenvalue weighted by Crippen LogP contribution is 2.15. The minimum atomic E-state index is -0.464. The van der Waals surface area contributed by atoms with E-state index in [-0.39, 0.29) is 6.09 Å². The molecule has 0 bridgehead atoms. The number of unbranched alkanes of at least 4 members (excludes halogenated alkanes) is 1. The van der Waals surface area contributed by atoms with E-state index < -0.39 is 5.60 Å². The quantitative estimate of drug-likeness (QED) is 0.745. The smallest absolute Gasteiger partial charge is 0.410 e. The van der Waals surface area contributed by atoms with Crippen LogP contribution >= 0.6 is 0 Å². The predicted octanol–water partition coefficient (Wildman–Crippen LogP) is 4.66. The Morgan fingerprint density at radius 2 is 2.00 bits per heavy atom. The lowest BCUT2D eigenvalue weighted by Gasteiger charge is -2.26. The number of nitrogens with one attached hydrogen (secondary N) is 1. The number of rotatable bonds is 7. The summed E-state index contributed by atoms with van der Waals surface area (Å²) in [6.45, 7) is 12.0. The number of hydrogen-bond donors (Lipinski definition) is 1. The fourth-order valence-corrected chi connectivity index (χ4v) is 2.04. The maximum Gasteiger partial charge on any atom is 0.410 e. The largest absolute Gasteiger partial charge is 0.444 e. The van der Waals surface area contributed by atoms with Crippen LogP contribution in [0.5, 0.6) is 0 Å². The van der Waals surface area contributed by atoms with Gasteiger partial charge in [-0.25, -0.2) is 4.79 Å². The van der Waals surface area contributed by atoms with Crippen molar-refractivity contribution in [3.05, 3.63) is 29.8 Å². The van der Waals surface area contributed by atoms with Crippen LogP contribution in [-0.2, 0) is 11.3 Å². The average molecular weight is 306 g/mol. The van der Waals surface area contributed by atoms with E-state index in [1.165, 1.54) is 6.42 Å². The van der Waals surface area contributed by atoms with Gasteiger partial charge in [-0.2, -0.15) is 0 Å². The van der Waals surface area contributed by atoms with E-state index >= 15 is 0 Å². The molecule has 1 amide bonds. The van der Waals surface area contributed by atoms with Gasteiger partial charge in [0.1, 0.15) is 5.60 Å². The van der Waals surface area contributed by atoms with Crippen molar-refractivity contribution in [2.45, 2.75) is 59.6 Å². The first-order valence-electron chi connectivity index (χ1n) is 8.16. The Labute approximate surface area is 134 Å². The molecule has 1 aromatic rings. The van der Waals surface area contributed by atoms with Crippen LogP contribution < -0.4 is 5.32 Å². The third-order valence-electron chi connectivity index (χ3n) is 3.19. The molecule has 0 saturated carbocycles. The molecule has 0 heterocycles. The van der Waals surface area contributed by atoms with Gasteiger partial charge in [-0.1, -0.05) is 25.5 Å². The van der Waals surface area contributed by atoms with E-state index in [9.17, 15) is 4.79 Å². The zero-order valence-corrected chi connectivity index (χ0v) is 14.6. The van der Waals surface area contributed by atoms with E-state index in [1.54, 1.807) is 4.90 Å². The van der Waals surface area contributed by atoms with Crippen molar-refractivity contribution in [1.82, 2.24) is 4.90 Å². The first kappa shape index (κ1) is 18.3. The molecule has 0 aliphatic rings. The van der Waals surface area contributed by atoms with Gasteiger partial charge in [0.25, 0.3) is 0 Å². The van der Waals surface area contributed by atoms with Gasteiger partial charge >= 0.3 is 6.09 Å². The number of benzene rings is 1. The van der Waals surface area contributed by atoms with Gasteiger partial charge in [-0.3, -0.25) is 0 Å². The van der Waals surface area contributed by atoms with Crippen molar-refractivity contribution >= 4 is 11.8 Å². The maximum atomic E-state index is 12.2. The fraction of sp³-hybridized carbons (Fsp3) is 0.611. The normalized spacial score (nSPS) is 11.1. The lowest BCUT2D eigenvalue weighted by Crippen LogP contribution is -2.36. The van der Waals surface area contributed by atoms with Crippen LogP contribution in [0.25, 0.3) is 0 Å². The van der Waals surface area contributed by atoms with Crippen molar-refractivity contribution in [1.29, 1.82) is 0 Å². The van der Waals surface area contributed by atoms with Crippen LogP contribution in [0.4, 0.5) is 10.5 Å². The molecule has 0 unspecified atom stereocenters. The fourth-order valence-electron chi connectivity index (χ4n) is 2.04. The second-order valence-corrected chi connectivity index (χ2v) is 6.48. The zero-order valence-electron chi connectivity index (χ0n) is 14.6. The van der Waals surface area contributed by atoms with Crippen LogP contribution in [0.3, 0.4) is 0 Å². The van der Waals surface area contributed by atoms with Gasteiger partial charge in [0.05, 0.1) is 0 Å². The van der Waals surface area contributed by atoms with Crippen molar-refractivity contribution in [3.63, 3.8) is 0 Å². The number of carbonyl (C=O) groups excluding carboxylic acids is 1. The highest BCUT2D eigenvalue weighted by atomic mass is 16.6. The summed E-state index contributed by atoms with van der Waals surface area (Å²) in [5.41, 5.74) is 1.74. The highest BCUT2D eigenvalue weighted by molar-refractivity contribution is 5.68. The molecule has 0 fully saturated rings. The summed E-state index contributed by atoms with van der Waals surface area (Å²) in [5, 5.41) is 3.41. The summed E-state index contributed by atoms with van der Waals surface area (Å²) in [6.07, 6.45) is 2.07. The zero-order chi connectivity index (χ0) is 16.6. The lowest BCUT2D eigenvalue weighted by atomic mass is 10.2. The van der Waals surface area contributed by atoms with E-state index in [1.807, 2.05) is 39.8 Å². The molecule has 0 atom stereocenters. The number of anilines is 1. The molecule has 0 radical (unpaired) electrons. The van der Waals surface area contributed by atoms with Crippen LogP contribution in [0, 0.1) is 0 Å². The number of hydrogen-bond acceptors (Lipinski definition) is 3. The van der Waals surface area contributed by atoms with Crippen molar-refractivity contribution in [2.24, 2.45) is 0 Å². The van der Waals surface area contributed by atoms with Crippen molar-refractivity contribution < 1.29 is 9.53 Å². The second kappa shape index (κ2) is 8.66. The number of nitrogens with zero attached hydrogens (tertiary/aromatic N) is 1. The molecule has 22 heavy (non-hydrogen) atoms. The third kappa shape index (κ3) is 6.83. The number of carbonyl (C=O) groups is 1. The van der Waals surface area contributed by atoms with E-state index in [0.717, 1.165) is 24.2 Å². The summed E-state index contributed by atoms with van der Waals surface area (Å²) in [4.78, 5) is 13.9. The standard InChI is InChI=1S/C18H30N2O2/c1-6-8-12-19-16-11-9-10-15(13-16)14-20(7-2)17(21)22-18(3,4)5/h9-11,13,19H,6-8,12,14H2,1-5H3. The van der Waals surface area contributed by atoms with E-state index in [0.29, 0.717) is 13.1 Å². The van der Waals surface area contributed by atoms with Crippen LogP contribution in [0.1, 0.15) is 53.0 Å². The van der Waals surface area contributed by atoms with Crippen molar-refractivity contribution in [3.8, 4) is 0 Å². The van der Waals surface area contributed by atoms with Gasteiger partial charge in [0.15, 0.2) is 0 Å². The molecule has 0 saturated heterocycles. The molecule has 124 valence electrons. The Balaban J connectivity index is 2.66. The summed E-state index contributed by atoms with van der Waals surface area (Å²) in [7, 11) is 0. The summed E-state index contributed by atoms with van der Waals surface area (Å²) in [6, 6.07) is 8.22.